The number of rotatable bonds is 2. The predicted molar refractivity (Wildman–Crippen MR) is 101 cm³/mol. The second-order valence-electron chi connectivity index (χ2n) is 7.02. The summed E-state index contributed by atoms with van der Waals surface area (Å²) in [6.45, 7) is 4.43. The molecule has 2 fully saturated rings. The zero-order valence-electron chi connectivity index (χ0n) is 14.5. The fraction of sp³-hybridized carbons (Fsp3) is 0.556. The standard InChI is InChI=1S/C18H24N4O2.ClH/c1-12-11-19-8-9-21(12)17(23)13-6-7-16-15(10-13)20-18(24)22(16)14-4-2-3-5-14;/h6-7,10,12,14,19H,2-5,8-9,11H2,1H3,(H,20,24);1H/t12-;/m1./s1. The number of nitrogens with zero attached hydrogens (tertiary/aromatic N) is 2. The number of amides is 1. The number of H-pyrrole nitrogens is 1. The smallest absolute Gasteiger partial charge is 0.326 e. The van der Waals surface area contributed by atoms with Gasteiger partial charge in [-0.2, -0.15) is 0 Å². The number of imidazole rings is 1. The van der Waals surface area contributed by atoms with E-state index in [-0.39, 0.29) is 30.0 Å². The van der Waals surface area contributed by atoms with Crippen LogP contribution in [0.5, 0.6) is 0 Å². The van der Waals surface area contributed by atoms with Gasteiger partial charge in [-0.25, -0.2) is 4.79 Å². The number of piperazine rings is 1. The van der Waals surface area contributed by atoms with Crippen molar-refractivity contribution in [1.82, 2.24) is 19.8 Å². The van der Waals surface area contributed by atoms with Crippen molar-refractivity contribution in [3.05, 3.63) is 34.2 Å². The average molecular weight is 365 g/mol. The monoisotopic (exact) mass is 364 g/mol. The Balaban J connectivity index is 0.00000182. The van der Waals surface area contributed by atoms with Gasteiger partial charge in [0.05, 0.1) is 11.0 Å². The fourth-order valence-electron chi connectivity index (χ4n) is 4.10. The number of carbonyl (C=O) groups excluding carboxylic acids is 1. The number of hydrogen-bond acceptors (Lipinski definition) is 3. The highest BCUT2D eigenvalue weighted by molar-refractivity contribution is 5.97. The van der Waals surface area contributed by atoms with E-state index in [1.807, 2.05) is 27.7 Å². The highest BCUT2D eigenvalue weighted by Crippen LogP contribution is 2.30. The van der Waals surface area contributed by atoms with E-state index >= 15 is 0 Å². The molecule has 1 atom stereocenters. The van der Waals surface area contributed by atoms with Gasteiger partial charge in [-0.3, -0.25) is 9.36 Å². The van der Waals surface area contributed by atoms with Crippen molar-refractivity contribution in [1.29, 1.82) is 0 Å². The van der Waals surface area contributed by atoms with Gasteiger partial charge >= 0.3 is 5.69 Å². The largest absolute Gasteiger partial charge is 0.333 e. The Morgan fingerprint density at radius 3 is 2.72 bits per heavy atom. The van der Waals surface area contributed by atoms with Gasteiger partial charge in [-0.05, 0) is 38.0 Å². The van der Waals surface area contributed by atoms with Gasteiger partial charge in [0.15, 0.2) is 0 Å². The molecule has 1 aliphatic carbocycles. The van der Waals surface area contributed by atoms with Crippen LogP contribution in [-0.2, 0) is 0 Å². The van der Waals surface area contributed by atoms with Gasteiger partial charge in [-0.1, -0.05) is 12.8 Å². The topological polar surface area (TPSA) is 70.1 Å². The molecular weight excluding hydrogens is 340 g/mol. The van der Waals surface area contributed by atoms with Gasteiger partial charge in [0.2, 0.25) is 0 Å². The maximum absolute atomic E-state index is 12.8. The van der Waals surface area contributed by atoms with E-state index in [1.54, 1.807) is 0 Å². The molecule has 1 aliphatic heterocycles. The number of nitrogens with one attached hydrogen (secondary N) is 2. The normalized spacial score (nSPS) is 21.5. The molecule has 1 amide bonds. The van der Waals surface area contributed by atoms with E-state index in [0.717, 1.165) is 43.5 Å². The van der Waals surface area contributed by atoms with Crippen LogP contribution in [0.15, 0.2) is 23.0 Å². The SMILES string of the molecule is C[C@@H]1CNCCN1C(=O)c1ccc2c(c1)[nH]c(=O)n2C1CCCC1.Cl. The van der Waals surface area contributed by atoms with Gasteiger partial charge in [0.25, 0.3) is 5.91 Å². The van der Waals surface area contributed by atoms with Crippen LogP contribution >= 0.6 is 12.4 Å². The Hall–Kier alpha value is -1.79. The van der Waals surface area contributed by atoms with E-state index in [0.29, 0.717) is 11.6 Å². The molecule has 1 aromatic carbocycles. The van der Waals surface area contributed by atoms with Crippen LogP contribution in [0.25, 0.3) is 11.0 Å². The molecule has 0 spiro atoms. The van der Waals surface area contributed by atoms with E-state index in [2.05, 4.69) is 17.2 Å². The summed E-state index contributed by atoms with van der Waals surface area (Å²) in [5.74, 6) is 0.0420. The first kappa shape index (κ1) is 18.0. The first-order chi connectivity index (χ1) is 11.6. The minimum absolute atomic E-state index is 0. The van der Waals surface area contributed by atoms with Crippen molar-refractivity contribution in [2.24, 2.45) is 0 Å². The van der Waals surface area contributed by atoms with Crippen LogP contribution < -0.4 is 11.0 Å². The molecule has 1 saturated carbocycles. The Morgan fingerprint density at radius 2 is 2.00 bits per heavy atom. The Bertz CT molecular complexity index is 822. The van der Waals surface area contributed by atoms with Gasteiger partial charge in [0.1, 0.15) is 0 Å². The number of carbonyl (C=O) groups is 1. The van der Waals surface area contributed by atoms with Crippen LogP contribution in [0.1, 0.15) is 49.0 Å². The molecule has 1 aromatic heterocycles. The zero-order valence-corrected chi connectivity index (χ0v) is 15.3. The molecule has 2 aromatic rings. The molecule has 0 bridgehead atoms. The number of fused-ring (bicyclic) bond motifs is 1. The minimum Gasteiger partial charge on any atom is -0.333 e. The molecule has 25 heavy (non-hydrogen) atoms. The summed E-state index contributed by atoms with van der Waals surface area (Å²) >= 11 is 0. The molecule has 0 unspecified atom stereocenters. The van der Waals surface area contributed by atoms with Gasteiger partial charge < -0.3 is 15.2 Å². The van der Waals surface area contributed by atoms with Crippen LogP contribution in [0.2, 0.25) is 0 Å². The lowest BCUT2D eigenvalue weighted by molar-refractivity contribution is 0.0656. The highest BCUT2D eigenvalue weighted by atomic mass is 35.5. The summed E-state index contributed by atoms with van der Waals surface area (Å²) in [5, 5.41) is 3.30. The lowest BCUT2D eigenvalue weighted by atomic mass is 10.1. The number of hydrogen-bond donors (Lipinski definition) is 2. The van der Waals surface area contributed by atoms with E-state index in [4.69, 9.17) is 0 Å². The maximum atomic E-state index is 12.8. The summed E-state index contributed by atoms with van der Waals surface area (Å²) in [7, 11) is 0. The Labute approximate surface area is 153 Å². The maximum Gasteiger partial charge on any atom is 0.326 e. The van der Waals surface area contributed by atoms with Crippen molar-refractivity contribution < 1.29 is 4.79 Å². The first-order valence-electron chi connectivity index (χ1n) is 8.91. The molecular formula is C18H25ClN4O2. The van der Waals surface area contributed by atoms with Crippen molar-refractivity contribution >= 4 is 29.3 Å². The van der Waals surface area contributed by atoms with Crippen LogP contribution in [0, 0.1) is 0 Å². The van der Waals surface area contributed by atoms with Crippen molar-refractivity contribution in [3.8, 4) is 0 Å². The van der Waals surface area contributed by atoms with E-state index in [1.165, 1.54) is 12.8 Å². The number of benzene rings is 1. The van der Waals surface area contributed by atoms with Gasteiger partial charge in [0, 0.05) is 37.3 Å². The molecule has 0 radical (unpaired) electrons. The van der Waals surface area contributed by atoms with Crippen LogP contribution in [0.4, 0.5) is 0 Å². The molecule has 7 heteroatoms. The molecule has 4 rings (SSSR count). The highest BCUT2D eigenvalue weighted by Gasteiger charge is 2.25. The third-order valence-electron chi connectivity index (χ3n) is 5.42. The van der Waals surface area contributed by atoms with Crippen LogP contribution in [-0.4, -0.2) is 46.0 Å². The Morgan fingerprint density at radius 1 is 1.24 bits per heavy atom. The van der Waals surface area contributed by atoms with Crippen molar-refractivity contribution in [3.63, 3.8) is 0 Å². The fourth-order valence-corrected chi connectivity index (χ4v) is 4.10. The number of halogens is 1. The molecule has 6 nitrogen and oxygen atoms in total. The predicted octanol–water partition coefficient (Wildman–Crippen LogP) is 2.30. The third-order valence-corrected chi connectivity index (χ3v) is 5.42. The quantitative estimate of drug-likeness (QED) is 0.859. The molecule has 2 heterocycles. The number of aromatic nitrogens is 2. The zero-order chi connectivity index (χ0) is 16.7. The number of aromatic amines is 1. The molecule has 2 aliphatic rings. The molecule has 1 saturated heterocycles. The summed E-state index contributed by atoms with van der Waals surface area (Å²) in [5.41, 5.74) is 2.27. The van der Waals surface area contributed by atoms with Crippen molar-refractivity contribution in [2.75, 3.05) is 19.6 Å². The molecule has 2 N–H and O–H groups in total. The lowest BCUT2D eigenvalue weighted by Crippen LogP contribution is -2.52. The Kier molecular flexibility index (Phi) is 5.20. The van der Waals surface area contributed by atoms with E-state index < -0.39 is 0 Å². The minimum atomic E-state index is -0.0583. The summed E-state index contributed by atoms with van der Waals surface area (Å²) < 4.78 is 1.88. The molecule has 136 valence electrons. The third kappa shape index (κ3) is 3.20. The summed E-state index contributed by atoms with van der Waals surface area (Å²) in [6.07, 6.45) is 4.49. The second kappa shape index (κ2) is 7.22. The first-order valence-corrected chi connectivity index (χ1v) is 8.91. The summed E-state index contributed by atoms with van der Waals surface area (Å²) in [4.78, 5) is 30.0. The van der Waals surface area contributed by atoms with Crippen molar-refractivity contribution in [2.45, 2.75) is 44.7 Å². The van der Waals surface area contributed by atoms with Gasteiger partial charge in [-0.15, -0.1) is 12.4 Å². The second-order valence-corrected chi connectivity index (χ2v) is 7.02. The van der Waals surface area contributed by atoms with E-state index in [9.17, 15) is 9.59 Å². The summed E-state index contributed by atoms with van der Waals surface area (Å²) in [6, 6.07) is 6.09. The van der Waals surface area contributed by atoms with Crippen LogP contribution in [0.3, 0.4) is 0 Å². The lowest BCUT2D eigenvalue weighted by Gasteiger charge is -2.34. The average Bonchev–Trinajstić information content (AvgIpc) is 3.20.